The molecule has 2 aromatic carbocycles. The normalized spacial score (nSPS) is 10.8. The first-order chi connectivity index (χ1) is 16.9. The van der Waals surface area contributed by atoms with E-state index in [1.807, 2.05) is 36.4 Å². The van der Waals surface area contributed by atoms with Gasteiger partial charge in [-0.1, -0.05) is 18.2 Å². The molecule has 0 radical (unpaired) electrons. The fourth-order valence-corrected chi connectivity index (χ4v) is 3.01. The van der Waals surface area contributed by atoms with Crippen molar-refractivity contribution < 1.29 is 24.1 Å². The van der Waals surface area contributed by atoms with Gasteiger partial charge in [0, 0.05) is 12.6 Å². The number of nitriles is 1. The van der Waals surface area contributed by atoms with Crippen LogP contribution in [0.25, 0.3) is 0 Å². The molecule has 0 saturated heterocycles. The Morgan fingerprint density at radius 3 is 2.40 bits per heavy atom. The Kier molecular flexibility index (Phi) is 8.70. The number of esters is 1. The van der Waals surface area contributed by atoms with Crippen LogP contribution >= 0.6 is 0 Å². The maximum atomic E-state index is 12.4. The minimum absolute atomic E-state index is 0.0492. The molecule has 0 aliphatic carbocycles. The van der Waals surface area contributed by atoms with Gasteiger partial charge in [-0.05, 0) is 43.3 Å². The Bertz CT molecular complexity index is 1290. The lowest BCUT2D eigenvalue weighted by atomic mass is 10.1. The molecule has 0 aliphatic rings. The number of nitrogens with zero attached hydrogens (tertiary/aromatic N) is 4. The van der Waals surface area contributed by atoms with E-state index in [2.05, 4.69) is 10.2 Å². The number of hydrogen-bond acceptors (Lipinski definition) is 9. The predicted octanol–water partition coefficient (Wildman–Crippen LogP) is 3.94. The average molecular weight is 476 g/mol. The van der Waals surface area contributed by atoms with Gasteiger partial charge in [-0.15, -0.1) is 5.11 Å². The number of para-hydroxylation sites is 1. The van der Waals surface area contributed by atoms with Gasteiger partial charge in [-0.2, -0.15) is 10.4 Å². The summed E-state index contributed by atoms with van der Waals surface area (Å²) in [7, 11) is 1.33. The molecule has 3 rings (SSSR count). The average Bonchev–Trinajstić information content (AvgIpc) is 2.88. The van der Waals surface area contributed by atoms with Crippen molar-refractivity contribution in [2.75, 3.05) is 26.4 Å². The number of carbonyl (C=O) groups is 1. The van der Waals surface area contributed by atoms with Crippen molar-refractivity contribution in [2.24, 2.45) is 17.3 Å². The van der Waals surface area contributed by atoms with Gasteiger partial charge >= 0.3 is 5.97 Å². The zero-order chi connectivity index (χ0) is 25.2. The number of aromatic nitrogens is 1. The lowest BCUT2D eigenvalue weighted by molar-refractivity contribution is 0.0273. The Morgan fingerprint density at radius 2 is 1.71 bits per heavy atom. The monoisotopic (exact) mass is 476 g/mol. The van der Waals surface area contributed by atoms with Gasteiger partial charge in [0.05, 0.1) is 24.5 Å². The Morgan fingerprint density at radius 1 is 1.03 bits per heavy atom. The number of rotatable bonds is 10. The third kappa shape index (κ3) is 6.52. The van der Waals surface area contributed by atoms with Crippen molar-refractivity contribution >= 4 is 17.3 Å². The van der Waals surface area contributed by atoms with Crippen LogP contribution < -0.4 is 10.3 Å². The minimum Gasteiger partial charge on any atom is -0.493 e. The second kappa shape index (κ2) is 12.1. The fourth-order valence-electron chi connectivity index (χ4n) is 3.01. The van der Waals surface area contributed by atoms with Crippen LogP contribution in [0.15, 0.2) is 69.6 Å². The van der Waals surface area contributed by atoms with E-state index in [1.54, 1.807) is 12.1 Å². The van der Waals surface area contributed by atoms with Crippen LogP contribution in [0.5, 0.6) is 11.6 Å². The smallest absolute Gasteiger partial charge is 0.338 e. The highest BCUT2D eigenvalue weighted by atomic mass is 16.6. The van der Waals surface area contributed by atoms with Gasteiger partial charge in [0.1, 0.15) is 30.6 Å². The summed E-state index contributed by atoms with van der Waals surface area (Å²) in [5, 5.41) is 27.1. The van der Waals surface area contributed by atoms with E-state index in [0.717, 1.165) is 10.3 Å². The number of pyridine rings is 1. The molecule has 1 aromatic heterocycles. The van der Waals surface area contributed by atoms with E-state index in [9.17, 15) is 20.0 Å². The summed E-state index contributed by atoms with van der Waals surface area (Å²) in [6.07, 6.45) is 0. The predicted molar refractivity (Wildman–Crippen MR) is 126 cm³/mol. The molecule has 10 nitrogen and oxygen atoms in total. The number of carbonyl (C=O) groups excluding carboxylic acids is 1. The summed E-state index contributed by atoms with van der Waals surface area (Å²) >= 11 is 0. The first kappa shape index (κ1) is 25.1. The van der Waals surface area contributed by atoms with Crippen molar-refractivity contribution in [2.45, 2.75) is 6.92 Å². The number of aromatic hydroxyl groups is 1. The van der Waals surface area contributed by atoms with Crippen LogP contribution in [0, 0.1) is 18.3 Å². The highest BCUT2D eigenvalue weighted by Gasteiger charge is 2.17. The lowest BCUT2D eigenvalue weighted by Crippen LogP contribution is -2.18. The molecule has 0 atom stereocenters. The Balaban J connectivity index is 1.48. The Labute approximate surface area is 201 Å². The highest BCUT2D eigenvalue weighted by molar-refractivity contribution is 5.89. The first-order valence-electron chi connectivity index (χ1n) is 10.7. The molecule has 0 bridgehead atoms. The van der Waals surface area contributed by atoms with Gasteiger partial charge in [-0.3, -0.25) is 9.36 Å². The third-order valence-electron chi connectivity index (χ3n) is 4.96. The Hall–Kier alpha value is -4.49. The van der Waals surface area contributed by atoms with Crippen molar-refractivity contribution in [1.29, 1.82) is 5.26 Å². The molecule has 180 valence electrons. The molecular weight excluding hydrogens is 452 g/mol. The van der Waals surface area contributed by atoms with Gasteiger partial charge in [0.2, 0.25) is 5.88 Å². The second-order valence-electron chi connectivity index (χ2n) is 7.30. The standard InChI is InChI=1S/C25H24N4O6/c1-17-21(16-26)23(30)29(2)24(31)22(17)28-27-19-10-8-18(9-11-19)25(32)35-15-13-33-12-14-34-20-6-4-3-5-7-20/h3-11,30H,12-15H2,1-2H3. The van der Waals surface area contributed by atoms with E-state index in [4.69, 9.17) is 14.2 Å². The molecule has 0 aliphatic heterocycles. The highest BCUT2D eigenvalue weighted by Crippen LogP contribution is 2.26. The van der Waals surface area contributed by atoms with Crippen molar-refractivity contribution in [3.05, 3.63) is 81.6 Å². The second-order valence-corrected chi connectivity index (χ2v) is 7.30. The van der Waals surface area contributed by atoms with Crippen LogP contribution in [0.3, 0.4) is 0 Å². The molecule has 35 heavy (non-hydrogen) atoms. The van der Waals surface area contributed by atoms with Crippen LogP contribution in [0.4, 0.5) is 11.4 Å². The quantitative estimate of drug-likeness (QED) is 0.266. The third-order valence-corrected chi connectivity index (χ3v) is 4.96. The molecule has 0 fully saturated rings. The molecule has 10 heteroatoms. The summed E-state index contributed by atoms with van der Waals surface area (Å²) in [6.45, 7) is 2.60. The lowest BCUT2D eigenvalue weighted by Gasteiger charge is -2.08. The molecule has 0 saturated carbocycles. The van der Waals surface area contributed by atoms with E-state index in [1.165, 1.54) is 26.1 Å². The molecule has 0 amide bonds. The number of hydrogen-bond donors (Lipinski definition) is 1. The van der Waals surface area contributed by atoms with Crippen LogP contribution in [0.2, 0.25) is 0 Å². The number of benzene rings is 2. The van der Waals surface area contributed by atoms with E-state index in [-0.39, 0.29) is 30.0 Å². The zero-order valence-electron chi connectivity index (χ0n) is 19.3. The summed E-state index contributed by atoms with van der Waals surface area (Å²) in [5.41, 5.74) is 0.241. The molecule has 1 heterocycles. The van der Waals surface area contributed by atoms with Crippen molar-refractivity contribution in [1.82, 2.24) is 4.57 Å². The molecule has 1 N–H and O–H groups in total. The van der Waals surface area contributed by atoms with E-state index >= 15 is 0 Å². The summed E-state index contributed by atoms with van der Waals surface area (Å²) in [4.78, 5) is 24.5. The van der Waals surface area contributed by atoms with Gasteiger partial charge in [0.25, 0.3) is 5.56 Å². The maximum absolute atomic E-state index is 12.4. The van der Waals surface area contributed by atoms with Gasteiger partial charge in [-0.25, -0.2) is 4.79 Å². The largest absolute Gasteiger partial charge is 0.493 e. The zero-order valence-corrected chi connectivity index (χ0v) is 19.3. The number of azo groups is 1. The first-order valence-corrected chi connectivity index (χ1v) is 10.7. The van der Waals surface area contributed by atoms with Crippen LogP contribution in [-0.2, 0) is 16.5 Å². The summed E-state index contributed by atoms with van der Waals surface area (Å²) in [5.74, 6) is -0.180. The van der Waals surface area contributed by atoms with Crippen LogP contribution in [-0.4, -0.2) is 42.1 Å². The SMILES string of the molecule is Cc1c(C#N)c(O)n(C)c(=O)c1N=Nc1ccc(C(=O)OCCOCCOc2ccccc2)cc1. The van der Waals surface area contributed by atoms with Gasteiger partial charge in [0.15, 0.2) is 5.69 Å². The number of ether oxygens (including phenoxy) is 3. The topological polar surface area (TPSA) is 136 Å². The van der Waals surface area contributed by atoms with E-state index in [0.29, 0.717) is 24.5 Å². The maximum Gasteiger partial charge on any atom is 0.338 e. The summed E-state index contributed by atoms with van der Waals surface area (Å²) in [6, 6.07) is 17.4. The molecular formula is C25H24N4O6. The molecule has 0 spiro atoms. The summed E-state index contributed by atoms with van der Waals surface area (Å²) < 4.78 is 17.0. The van der Waals surface area contributed by atoms with Crippen molar-refractivity contribution in [3.63, 3.8) is 0 Å². The van der Waals surface area contributed by atoms with Gasteiger partial charge < -0.3 is 19.3 Å². The minimum atomic E-state index is -0.586. The van der Waals surface area contributed by atoms with Crippen LogP contribution in [0.1, 0.15) is 21.5 Å². The van der Waals surface area contributed by atoms with E-state index < -0.39 is 17.4 Å². The molecule has 3 aromatic rings. The fraction of sp³-hybridized carbons (Fsp3) is 0.240. The molecule has 0 unspecified atom stereocenters. The van der Waals surface area contributed by atoms with Crippen molar-refractivity contribution in [3.8, 4) is 17.7 Å².